The van der Waals surface area contributed by atoms with Crippen LogP contribution in [0.2, 0.25) is 0 Å². The number of hydrogen-bond donors (Lipinski definition) is 0. The molecule has 0 spiro atoms. The third kappa shape index (κ3) is 9.13. The van der Waals surface area contributed by atoms with Crippen LogP contribution in [-0.4, -0.2) is 44.8 Å². The molecule has 0 atom stereocenters. The van der Waals surface area contributed by atoms with Crippen molar-refractivity contribution >= 4 is 46.3 Å². The molecular weight excluding hydrogens is 131 g/mol. The average Bonchev–Trinajstić information content (AvgIpc) is 1.38. The first kappa shape index (κ1) is 10.5. The van der Waals surface area contributed by atoms with Crippen molar-refractivity contribution in [2.24, 2.45) is 0 Å². The topological polar surface area (TPSA) is 55.3 Å². The molecule has 0 amide bonds. The predicted octanol–water partition coefficient (Wildman–Crippen LogP) is -1.80. The van der Waals surface area contributed by atoms with Crippen LogP contribution >= 0.6 is 8.60 Å². The van der Waals surface area contributed by atoms with Crippen LogP contribution < -0.4 is 9.79 Å². The summed E-state index contributed by atoms with van der Waals surface area (Å²) in [6.45, 7) is 0. The van der Waals surface area contributed by atoms with Gasteiger partial charge in [0, 0.05) is 7.11 Å². The quantitative estimate of drug-likeness (QED) is 0.314. The van der Waals surface area contributed by atoms with E-state index in [0.29, 0.717) is 0 Å². The Hall–Kier alpha value is 1.57. The van der Waals surface area contributed by atoms with E-state index in [0.717, 1.165) is 7.11 Å². The van der Waals surface area contributed by atoms with Gasteiger partial charge in [-0.1, -0.05) is 0 Å². The summed E-state index contributed by atoms with van der Waals surface area (Å²) in [6, 6.07) is 0. The van der Waals surface area contributed by atoms with Gasteiger partial charge in [-0.2, -0.15) is 8.60 Å². The van der Waals surface area contributed by atoms with Crippen molar-refractivity contribution in [3.8, 4) is 0 Å². The fourth-order valence-corrected chi connectivity index (χ4v) is 0. The van der Waals surface area contributed by atoms with E-state index in [-0.39, 0.29) is 37.7 Å². The maximum absolute atomic E-state index is 9.18. The molecule has 5 heteroatoms. The van der Waals surface area contributed by atoms with Crippen LogP contribution in [0.1, 0.15) is 0 Å². The Kier molecular flexibility index (Phi) is 11.5. The van der Waals surface area contributed by atoms with Crippen LogP contribution in [0.25, 0.3) is 0 Å². The Morgan fingerprint density at radius 2 is 1.67 bits per heavy atom. The molecule has 0 saturated carbocycles. The van der Waals surface area contributed by atoms with Gasteiger partial charge in [-0.05, 0) is 0 Å². The van der Waals surface area contributed by atoms with Gasteiger partial charge in [-0.15, -0.1) is 0 Å². The number of hydrogen-bond acceptors (Lipinski definition) is 3. The summed E-state index contributed by atoms with van der Waals surface area (Å²) >= 11 is 0. The molecule has 0 saturated heterocycles. The van der Waals surface area contributed by atoms with Crippen LogP contribution in [-0.2, 0) is 4.52 Å². The molecule has 0 unspecified atom stereocenters. The zero-order chi connectivity index (χ0) is 4.28. The minimum Gasteiger partial charge on any atom is -0.820 e. The SMILES string of the molecule is COP([O-])[O-].[Ca+2]. The fourth-order valence-electron chi connectivity index (χ4n) is 0. The number of rotatable bonds is 1. The van der Waals surface area contributed by atoms with Crippen LogP contribution in [0.3, 0.4) is 0 Å². The van der Waals surface area contributed by atoms with Crippen molar-refractivity contribution < 1.29 is 14.3 Å². The van der Waals surface area contributed by atoms with Crippen molar-refractivity contribution in [2.45, 2.75) is 0 Å². The van der Waals surface area contributed by atoms with E-state index in [4.69, 9.17) is 0 Å². The van der Waals surface area contributed by atoms with Gasteiger partial charge in [-0.3, -0.25) is 0 Å². The van der Waals surface area contributed by atoms with E-state index < -0.39 is 8.60 Å². The second kappa shape index (κ2) is 6.57. The molecule has 0 bridgehead atoms. The third-order valence-electron chi connectivity index (χ3n) is 0.149. The molecule has 0 aliphatic carbocycles. The van der Waals surface area contributed by atoms with Gasteiger partial charge >= 0.3 is 37.7 Å². The average molecular weight is 134 g/mol. The molecule has 0 heterocycles. The second-order valence-electron chi connectivity index (χ2n) is 0.406. The third-order valence-corrected chi connectivity index (χ3v) is 0.447. The van der Waals surface area contributed by atoms with E-state index in [1.54, 1.807) is 0 Å². The molecule has 0 aromatic rings. The van der Waals surface area contributed by atoms with E-state index >= 15 is 0 Å². The standard InChI is InChI=1S/CH3O3P.Ca/c1-4-5(2)3;/h1H3;/q-2;+2. The van der Waals surface area contributed by atoms with E-state index in [9.17, 15) is 9.79 Å². The van der Waals surface area contributed by atoms with Crippen LogP contribution in [0.4, 0.5) is 0 Å². The summed E-state index contributed by atoms with van der Waals surface area (Å²) in [5.41, 5.74) is 0. The van der Waals surface area contributed by atoms with Gasteiger partial charge in [0.25, 0.3) is 0 Å². The molecule has 0 N–H and O–H groups in total. The Balaban J connectivity index is 0. The first-order valence-electron chi connectivity index (χ1n) is 0.956. The Labute approximate surface area is 67.3 Å². The maximum Gasteiger partial charge on any atom is 2.00 e. The molecule has 0 aliphatic rings. The zero-order valence-corrected chi connectivity index (χ0v) is 6.48. The summed E-state index contributed by atoms with van der Waals surface area (Å²) in [4.78, 5) is 18.4. The van der Waals surface area contributed by atoms with Crippen molar-refractivity contribution in [3.05, 3.63) is 0 Å². The van der Waals surface area contributed by atoms with E-state index in [1.165, 1.54) is 0 Å². The minimum atomic E-state index is -2.60. The Morgan fingerprint density at radius 1 is 1.50 bits per heavy atom. The minimum absolute atomic E-state index is 0. The van der Waals surface area contributed by atoms with Crippen LogP contribution in [0, 0.1) is 0 Å². The van der Waals surface area contributed by atoms with Gasteiger partial charge in [0.15, 0.2) is 0 Å². The van der Waals surface area contributed by atoms with Gasteiger partial charge in [-0.25, -0.2) is 0 Å². The van der Waals surface area contributed by atoms with Crippen molar-refractivity contribution in [3.63, 3.8) is 0 Å². The monoisotopic (exact) mass is 134 g/mol. The molecule has 0 aromatic heterocycles. The molecule has 32 valence electrons. The van der Waals surface area contributed by atoms with Crippen molar-refractivity contribution in [1.82, 2.24) is 0 Å². The van der Waals surface area contributed by atoms with Gasteiger partial charge in [0.1, 0.15) is 0 Å². The molecule has 3 nitrogen and oxygen atoms in total. The Morgan fingerprint density at radius 3 is 1.67 bits per heavy atom. The zero-order valence-electron chi connectivity index (χ0n) is 3.38. The van der Waals surface area contributed by atoms with Crippen molar-refractivity contribution in [1.29, 1.82) is 0 Å². The normalized spacial score (nSPS) is 8.00. The van der Waals surface area contributed by atoms with E-state index in [1.807, 2.05) is 0 Å². The van der Waals surface area contributed by atoms with Gasteiger partial charge < -0.3 is 14.3 Å². The molecule has 0 aromatic carbocycles. The molecule has 0 radical (unpaired) electrons. The maximum atomic E-state index is 9.18. The smallest absolute Gasteiger partial charge is 0.820 e. The largest absolute Gasteiger partial charge is 2.00 e. The molecule has 6 heavy (non-hydrogen) atoms. The van der Waals surface area contributed by atoms with Crippen molar-refractivity contribution in [2.75, 3.05) is 7.11 Å². The van der Waals surface area contributed by atoms with Crippen LogP contribution in [0.5, 0.6) is 0 Å². The van der Waals surface area contributed by atoms with Gasteiger partial charge in [0.05, 0.1) is 0 Å². The molecule has 0 fully saturated rings. The first-order valence-corrected chi connectivity index (χ1v) is 2.05. The first-order chi connectivity index (χ1) is 2.27. The second-order valence-corrected chi connectivity index (χ2v) is 1.22. The molecule has 0 rings (SSSR count). The summed E-state index contributed by atoms with van der Waals surface area (Å²) < 4.78 is 3.70. The Bertz CT molecular complexity index is 24.8. The van der Waals surface area contributed by atoms with Crippen LogP contribution in [0.15, 0.2) is 0 Å². The van der Waals surface area contributed by atoms with Gasteiger partial charge in [0.2, 0.25) is 0 Å². The predicted molar refractivity (Wildman–Crippen MR) is 19.7 cm³/mol. The summed E-state index contributed by atoms with van der Waals surface area (Å²) in [5.74, 6) is 0. The molecular formula is CH3CaO3P. The fraction of sp³-hybridized carbons (Fsp3) is 1.00. The summed E-state index contributed by atoms with van der Waals surface area (Å²) in [6.07, 6.45) is 0. The van der Waals surface area contributed by atoms with E-state index in [2.05, 4.69) is 4.52 Å². The summed E-state index contributed by atoms with van der Waals surface area (Å²) in [5, 5.41) is 0. The summed E-state index contributed by atoms with van der Waals surface area (Å²) in [7, 11) is -1.50. The molecule has 0 aliphatic heterocycles.